The Labute approximate surface area is 102 Å². The highest BCUT2D eigenvalue weighted by Gasteiger charge is 2.14. The van der Waals surface area contributed by atoms with Crippen LogP contribution in [0.3, 0.4) is 0 Å². The van der Waals surface area contributed by atoms with Gasteiger partial charge < -0.3 is 20.5 Å². The van der Waals surface area contributed by atoms with Crippen molar-refractivity contribution in [1.82, 2.24) is 10.6 Å². The summed E-state index contributed by atoms with van der Waals surface area (Å²) < 4.78 is 4.82. The van der Waals surface area contributed by atoms with E-state index in [0.717, 1.165) is 6.42 Å². The van der Waals surface area contributed by atoms with Gasteiger partial charge in [0.1, 0.15) is 0 Å². The largest absolute Gasteiger partial charge is 0.481 e. The van der Waals surface area contributed by atoms with E-state index in [1.54, 1.807) is 7.11 Å². The van der Waals surface area contributed by atoms with Crippen LogP contribution in [0, 0.1) is 0 Å². The zero-order valence-corrected chi connectivity index (χ0v) is 10.5. The summed E-state index contributed by atoms with van der Waals surface area (Å²) in [5.74, 6) is -1.07. The molecule has 0 heterocycles. The van der Waals surface area contributed by atoms with E-state index in [2.05, 4.69) is 10.6 Å². The molecule has 0 saturated carbocycles. The molecular weight excluding hydrogens is 224 g/mol. The molecule has 0 saturated heterocycles. The normalized spacial score (nSPS) is 12.1. The van der Waals surface area contributed by atoms with Crippen LogP contribution in [0.25, 0.3) is 0 Å². The minimum absolute atomic E-state index is 0.0301. The quantitative estimate of drug-likeness (QED) is 0.472. The molecule has 0 aliphatic heterocycles. The van der Waals surface area contributed by atoms with Crippen molar-refractivity contribution in [1.29, 1.82) is 0 Å². The fraction of sp³-hybridized carbons (Fsp3) is 0.818. The Bertz CT molecular complexity index is 234. The van der Waals surface area contributed by atoms with E-state index in [1.165, 1.54) is 0 Å². The monoisotopic (exact) mass is 246 g/mol. The third kappa shape index (κ3) is 9.77. The first-order valence-corrected chi connectivity index (χ1v) is 5.81. The summed E-state index contributed by atoms with van der Waals surface area (Å²) in [7, 11) is 1.59. The number of carbonyl (C=O) groups is 2. The Morgan fingerprint density at radius 3 is 2.65 bits per heavy atom. The average Bonchev–Trinajstić information content (AvgIpc) is 2.24. The van der Waals surface area contributed by atoms with Crippen LogP contribution in [-0.2, 0) is 14.3 Å². The summed E-state index contributed by atoms with van der Waals surface area (Å²) in [4.78, 5) is 22.0. The van der Waals surface area contributed by atoms with Crippen molar-refractivity contribution in [2.75, 3.05) is 26.8 Å². The molecule has 1 atom stereocenters. The number of aliphatic carboxylic acids is 1. The lowest BCUT2D eigenvalue weighted by Gasteiger charge is -2.16. The van der Waals surface area contributed by atoms with Gasteiger partial charge in [0.25, 0.3) is 0 Å². The SMILES string of the molecule is CCCC(CC(=O)O)NC(=O)CNCCOC. The third-order valence-electron chi connectivity index (χ3n) is 2.19. The highest BCUT2D eigenvalue weighted by atomic mass is 16.5. The van der Waals surface area contributed by atoms with Crippen molar-refractivity contribution in [3.63, 3.8) is 0 Å². The average molecular weight is 246 g/mol. The lowest BCUT2D eigenvalue weighted by molar-refractivity contribution is -0.137. The summed E-state index contributed by atoms with van der Waals surface area (Å²) in [6, 6.07) is -0.283. The zero-order chi connectivity index (χ0) is 13.1. The van der Waals surface area contributed by atoms with E-state index in [0.29, 0.717) is 19.6 Å². The van der Waals surface area contributed by atoms with Crippen LogP contribution in [0.15, 0.2) is 0 Å². The maximum absolute atomic E-state index is 11.5. The number of rotatable bonds is 10. The van der Waals surface area contributed by atoms with Crippen LogP contribution < -0.4 is 10.6 Å². The Morgan fingerprint density at radius 1 is 1.41 bits per heavy atom. The third-order valence-corrected chi connectivity index (χ3v) is 2.19. The van der Waals surface area contributed by atoms with Gasteiger partial charge in [-0.2, -0.15) is 0 Å². The van der Waals surface area contributed by atoms with Crippen LogP contribution in [0.4, 0.5) is 0 Å². The second-order valence-corrected chi connectivity index (χ2v) is 3.82. The Hall–Kier alpha value is -1.14. The van der Waals surface area contributed by atoms with Gasteiger partial charge in [-0.05, 0) is 6.42 Å². The van der Waals surface area contributed by atoms with Crippen molar-refractivity contribution < 1.29 is 19.4 Å². The van der Waals surface area contributed by atoms with E-state index >= 15 is 0 Å². The number of carboxylic acid groups (broad SMARTS) is 1. The van der Waals surface area contributed by atoms with Gasteiger partial charge in [-0.3, -0.25) is 9.59 Å². The second kappa shape index (κ2) is 10.0. The lowest BCUT2D eigenvalue weighted by Crippen LogP contribution is -2.42. The topological polar surface area (TPSA) is 87.7 Å². The first kappa shape index (κ1) is 15.9. The van der Waals surface area contributed by atoms with Gasteiger partial charge in [0, 0.05) is 19.7 Å². The molecule has 0 rings (SSSR count). The molecule has 0 aromatic heterocycles. The number of hydrogen-bond donors (Lipinski definition) is 3. The molecule has 6 nitrogen and oxygen atoms in total. The minimum atomic E-state index is -0.893. The number of nitrogens with one attached hydrogen (secondary N) is 2. The predicted molar refractivity (Wildman–Crippen MR) is 63.8 cm³/mol. The molecule has 0 spiro atoms. The van der Waals surface area contributed by atoms with Gasteiger partial charge in [0.05, 0.1) is 19.6 Å². The van der Waals surface area contributed by atoms with Gasteiger partial charge in [-0.25, -0.2) is 0 Å². The summed E-state index contributed by atoms with van der Waals surface area (Å²) in [5, 5.41) is 14.3. The molecule has 100 valence electrons. The van der Waals surface area contributed by atoms with Crippen LogP contribution in [0.1, 0.15) is 26.2 Å². The highest BCUT2D eigenvalue weighted by molar-refractivity contribution is 5.79. The van der Waals surface area contributed by atoms with Gasteiger partial charge in [-0.1, -0.05) is 13.3 Å². The predicted octanol–water partition coefficient (Wildman–Crippen LogP) is -0.0180. The van der Waals surface area contributed by atoms with Crippen LogP contribution in [0.5, 0.6) is 0 Å². The van der Waals surface area contributed by atoms with E-state index in [9.17, 15) is 9.59 Å². The number of ether oxygens (including phenoxy) is 1. The van der Waals surface area contributed by atoms with Crippen LogP contribution >= 0.6 is 0 Å². The van der Waals surface area contributed by atoms with Gasteiger partial charge in [0.15, 0.2) is 0 Å². The van der Waals surface area contributed by atoms with E-state index in [-0.39, 0.29) is 24.9 Å². The first-order valence-electron chi connectivity index (χ1n) is 5.81. The summed E-state index contributed by atoms with van der Waals surface area (Å²) in [6.45, 7) is 3.28. The lowest BCUT2D eigenvalue weighted by atomic mass is 10.1. The molecule has 0 fully saturated rings. The highest BCUT2D eigenvalue weighted by Crippen LogP contribution is 2.01. The van der Waals surface area contributed by atoms with Gasteiger partial charge in [0.2, 0.25) is 5.91 Å². The van der Waals surface area contributed by atoms with E-state index in [1.807, 2.05) is 6.92 Å². The zero-order valence-electron chi connectivity index (χ0n) is 10.5. The molecule has 17 heavy (non-hydrogen) atoms. The number of methoxy groups -OCH3 is 1. The van der Waals surface area contributed by atoms with Crippen molar-refractivity contribution in [2.24, 2.45) is 0 Å². The molecule has 1 amide bonds. The molecule has 3 N–H and O–H groups in total. The van der Waals surface area contributed by atoms with Gasteiger partial charge in [-0.15, -0.1) is 0 Å². The summed E-state index contributed by atoms with van der Waals surface area (Å²) in [6.07, 6.45) is 1.49. The maximum Gasteiger partial charge on any atom is 0.305 e. The van der Waals surface area contributed by atoms with Crippen LogP contribution in [-0.4, -0.2) is 49.8 Å². The smallest absolute Gasteiger partial charge is 0.305 e. The number of carboxylic acids is 1. The van der Waals surface area contributed by atoms with Gasteiger partial charge >= 0.3 is 5.97 Å². The van der Waals surface area contributed by atoms with Crippen molar-refractivity contribution in [3.05, 3.63) is 0 Å². The minimum Gasteiger partial charge on any atom is -0.481 e. The molecule has 0 aromatic rings. The Morgan fingerprint density at radius 2 is 2.12 bits per heavy atom. The number of carbonyl (C=O) groups excluding carboxylic acids is 1. The van der Waals surface area contributed by atoms with E-state index < -0.39 is 5.97 Å². The molecule has 0 aliphatic carbocycles. The molecule has 0 bridgehead atoms. The Balaban J connectivity index is 3.82. The van der Waals surface area contributed by atoms with Crippen molar-refractivity contribution >= 4 is 11.9 Å². The fourth-order valence-electron chi connectivity index (χ4n) is 1.44. The van der Waals surface area contributed by atoms with Crippen molar-refractivity contribution in [3.8, 4) is 0 Å². The fourth-order valence-corrected chi connectivity index (χ4v) is 1.44. The molecule has 0 radical (unpaired) electrons. The maximum atomic E-state index is 11.5. The summed E-state index contributed by atoms with van der Waals surface area (Å²) >= 11 is 0. The molecule has 0 aromatic carbocycles. The van der Waals surface area contributed by atoms with Crippen molar-refractivity contribution in [2.45, 2.75) is 32.2 Å². The summed E-state index contributed by atoms with van der Waals surface area (Å²) in [5.41, 5.74) is 0. The number of amides is 1. The number of hydrogen-bond acceptors (Lipinski definition) is 4. The second-order valence-electron chi connectivity index (χ2n) is 3.82. The standard InChI is InChI=1S/C11H22N2O4/c1-3-4-9(7-11(15)16)13-10(14)8-12-5-6-17-2/h9,12H,3-8H2,1-2H3,(H,13,14)(H,15,16). The van der Waals surface area contributed by atoms with Crippen LogP contribution in [0.2, 0.25) is 0 Å². The molecule has 6 heteroatoms. The first-order chi connectivity index (χ1) is 8.10. The molecule has 0 aliphatic rings. The molecular formula is C11H22N2O4. The van der Waals surface area contributed by atoms with E-state index in [4.69, 9.17) is 9.84 Å². The molecule has 1 unspecified atom stereocenters. The Kier molecular flexibility index (Phi) is 9.37.